The number of amides is 1. The number of quaternary nitrogens is 2. The Morgan fingerprint density at radius 1 is 1.00 bits per heavy atom. The van der Waals surface area contributed by atoms with Gasteiger partial charge in [0.05, 0.1) is 0 Å². The number of benzene rings is 2. The zero-order valence-corrected chi connectivity index (χ0v) is 15.8. The molecule has 0 aliphatic carbocycles. The van der Waals surface area contributed by atoms with Gasteiger partial charge >= 0.3 is 0 Å². The topological polar surface area (TPSA) is 29.2 Å². The molecule has 4 nitrogen and oxygen atoms in total. The van der Waals surface area contributed by atoms with Crippen LogP contribution in [0.15, 0.2) is 48.5 Å². The van der Waals surface area contributed by atoms with Crippen LogP contribution in [0.5, 0.6) is 0 Å². The van der Waals surface area contributed by atoms with E-state index in [1.807, 2.05) is 23.1 Å². The second-order valence-corrected chi connectivity index (χ2v) is 7.84. The van der Waals surface area contributed by atoms with Gasteiger partial charge in [0.2, 0.25) is 0 Å². The summed E-state index contributed by atoms with van der Waals surface area (Å²) in [7, 11) is 0. The van der Waals surface area contributed by atoms with Crippen LogP contribution in [0.3, 0.4) is 0 Å². The molecule has 2 aliphatic rings. The lowest BCUT2D eigenvalue weighted by molar-refractivity contribution is -1.02. The summed E-state index contributed by atoms with van der Waals surface area (Å²) in [6, 6.07) is 16.4. The summed E-state index contributed by atoms with van der Waals surface area (Å²) in [5, 5.41) is 0.808. The number of hydrogen-bond donors (Lipinski definition) is 2. The monoisotopic (exact) mass is 371 g/mol. The summed E-state index contributed by atoms with van der Waals surface area (Å²) in [5.41, 5.74) is 3.70. The summed E-state index contributed by atoms with van der Waals surface area (Å²) in [6.07, 6.45) is 0.981. The number of carbonyl (C=O) groups is 1. The highest BCUT2D eigenvalue weighted by atomic mass is 35.5. The summed E-state index contributed by atoms with van der Waals surface area (Å²) in [4.78, 5) is 17.7. The molecule has 0 radical (unpaired) electrons. The van der Waals surface area contributed by atoms with Crippen LogP contribution in [0.25, 0.3) is 0 Å². The highest BCUT2D eigenvalue weighted by Crippen LogP contribution is 2.26. The van der Waals surface area contributed by atoms with E-state index >= 15 is 0 Å². The molecular weight excluding hydrogens is 346 g/mol. The number of para-hydroxylation sites is 1. The van der Waals surface area contributed by atoms with Crippen molar-refractivity contribution in [1.82, 2.24) is 0 Å². The molecule has 2 aromatic carbocycles. The van der Waals surface area contributed by atoms with Gasteiger partial charge < -0.3 is 14.7 Å². The van der Waals surface area contributed by atoms with Crippen molar-refractivity contribution >= 4 is 23.2 Å². The Bertz CT molecular complexity index is 786. The highest BCUT2D eigenvalue weighted by molar-refractivity contribution is 6.30. The van der Waals surface area contributed by atoms with Crippen LogP contribution in [-0.4, -0.2) is 45.2 Å². The van der Waals surface area contributed by atoms with Crippen LogP contribution >= 0.6 is 11.6 Å². The number of nitrogens with one attached hydrogen (secondary N) is 2. The van der Waals surface area contributed by atoms with Gasteiger partial charge in [-0.3, -0.25) is 4.79 Å². The second-order valence-electron chi connectivity index (χ2n) is 7.41. The van der Waals surface area contributed by atoms with Gasteiger partial charge in [0.25, 0.3) is 5.91 Å². The van der Waals surface area contributed by atoms with Crippen LogP contribution < -0.4 is 14.7 Å². The Balaban J connectivity index is 1.28. The SMILES string of the molecule is O=C(C[NH+]1CC[NH+](Cc2cccc(Cl)c2)CC1)N1CCc2ccccc21. The number of nitrogens with zero attached hydrogens (tertiary/aromatic N) is 1. The van der Waals surface area contributed by atoms with Gasteiger partial charge in [-0.25, -0.2) is 0 Å². The highest BCUT2D eigenvalue weighted by Gasteiger charge is 2.30. The maximum absolute atomic E-state index is 12.8. The fraction of sp³-hybridized carbons (Fsp3) is 0.381. The first-order valence-electron chi connectivity index (χ1n) is 9.49. The predicted octanol–water partition coefficient (Wildman–Crippen LogP) is 0.213. The molecule has 0 unspecified atom stereocenters. The van der Waals surface area contributed by atoms with E-state index in [1.54, 1.807) is 4.90 Å². The largest absolute Gasteiger partial charge is 0.322 e. The number of fused-ring (bicyclic) bond motifs is 1. The lowest BCUT2D eigenvalue weighted by Crippen LogP contribution is -3.28. The molecule has 2 heterocycles. The first-order valence-corrected chi connectivity index (χ1v) is 9.87. The van der Waals surface area contributed by atoms with E-state index < -0.39 is 0 Å². The lowest BCUT2D eigenvalue weighted by atomic mass is 10.2. The smallest absolute Gasteiger partial charge is 0.282 e. The zero-order valence-electron chi connectivity index (χ0n) is 15.0. The molecule has 0 spiro atoms. The molecule has 1 amide bonds. The molecule has 1 fully saturated rings. The van der Waals surface area contributed by atoms with E-state index in [1.165, 1.54) is 16.0 Å². The average Bonchev–Trinajstić information content (AvgIpc) is 3.08. The summed E-state index contributed by atoms with van der Waals surface area (Å²) in [5.74, 6) is 0.267. The van der Waals surface area contributed by atoms with Crippen molar-refractivity contribution < 1.29 is 14.6 Å². The molecule has 2 aliphatic heterocycles. The van der Waals surface area contributed by atoms with E-state index in [2.05, 4.69) is 30.3 Å². The van der Waals surface area contributed by atoms with Crippen molar-refractivity contribution in [3.05, 3.63) is 64.7 Å². The van der Waals surface area contributed by atoms with Crippen LogP contribution in [0.2, 0.25) is 5.02 Å². The molecule has 0 saturated carbocycles. The Morgan fingerprint density at radius 3 is 2.58 bits per heavy atom. The number of halogens is 1. The first-order chi connectivity index (χ1) is 12.7. The van der Waals surface area contributed by atoms with Crippen molar-refractivity contribution in [2.24, 2.45) is 0 Å². The Kier molecular flexibility index (Phi) is 5.25. The van der Waals surface area contributed by atoms with E-state index in [4.69, 9.17) is 11.6 Å². The molecular formula is C21H26ClN3O+2. The van der Waals surface area contributed by atoms with E-state index in [9.17, 15) is 4.79 Å². The second kappa shape index (κ2) is 7.78. The Hall–Kier alpha value is -1.88. The summed E-state index contributed by atoms with van der Waals surface area (Å²) < 4.78 is 0. The van der Waals surface area contributed by atoms with Crippen molar-refractivity contribution in [3.8, 4) is 0 Å². The zero-order chi connectivity index (χ0) is 17.9. The molecule has 5 heteroatoms. The van der Waals surface area contributed by atoms with Gasteiger partial charge in [0, 0.05) is 22.8 Å². The lowest BCUT2D eigenvalue weighted by Gasteiger charge is -2.30. The number of rotatable bonds is 4. The standard InChI is InChI=1S/C21H24ClN3O/c22-19-6-3-4-17(14-19)15-23-10-12-24(13-11-23)16-21(26)25-9-8-18-5-1-2-7-20(18)25/h1-7,14H,8-13,15-16H2/p+2. The first kappa shape index (κ1) is 17.5. The predicted molar refractivity (Wildman–Crippen MR) is 104 cm³/mol. The van der Waals surface area contributed by atoms with Gasteiger partial charge in [-0.1, -0.05) is 41.9 Å². The molecule has 2 aromatic rings. The minimum absolute atomic E-state index is 0.267. The fourth-order valence-corrected chi connectivity index (χ4v) is 4.37. The summed E-state index contributed by atoms with van der Waals surface area (Å²) >= 11 is 6.09. The van der Waals surface area contributed by atoms with Crippen LogP contribution in [0.1, 0.15) is 11.1 Å². The number of hydrogen-bond acceptors (Lipinski definition) is 1. The van der Waals surface area contributed by atoms with Crippen molar-refractivity contribution in [2.45, 2.75) is 13.0 Å². The van der Waals surface area contributed by atoms with Gasteiger partial charge in [-0.2, -0.15) is 0 Å². The van der Waals surface area contributed by atoms with Crippen LogP contribution in [0, 0.1) is 0 Å². The van der Waals surface area contributed by atoms with Crippen molar-refractivity contribution in [2.75, 3.05) is 44.2 Å². The minimum atomic E-state index is 0.267. The molecule has 136 valence electrons. The average molecular weight is 372 g/mol. The van der Waals surface area contributed by atoms with Gasteiger partial charge in [0.15, 0.2) is 6.54 Å². The maximum Gasteiger partial charge on any atom is 0.282 e. The maximum atomic E-state index is 12.8. The van der Waals surface area contributed by atoms with Crippen molar-refractivity contribution in [1.29, 1.82) is 0 Å². The number of carbonyl (C=O) groups excluding carboxylic acids is 1. The number of anilines is 1. The minimum Gasteiger partial charge on any atom is -0.322 e. The normalized spacial score (nSPS) is 22.3. The molecule has 26 heavy (non-hydrogen) atoms. The van der Waals surface area contributed by atoms with Crippen LogP contribution in [-0.2, 0) is 17.8 Å². The quantitative estimate of drug-likeness (QED) is 0.790. The van der Waals surface area contributed by atoms with Crippen LogP contribution in [0.4, 0.5) is 5.69 Å². The Labute approximate surface area is 160 Å². The van der Waals surface area contributed by atoms with Gasteiger partial charge in [-0.05, 0) is 30.2 Å². The van der Waals surface area contributed by atoms with Gasteiger partial charge in [0.1, 0.15) is 32.7 Å². The van der Waals surface area contributed by atoms with Crippen molar-refractivity contribution in [3.63, 3.8) is 0 Å². The Morgan fingerprint density at radius 2 is 1.77 bits per heavy atom. The third-order valence-electron chi connectivity index (χ3n) is 5.60. The van der Waals surface area contributed by atoms with E-state index in [0.29, 0.717) is 6.54 Å². The molecule has 0 bridgehead atoms. The molecule has 0 atom stereocenters. The third kappa shape index (κ3) is 3.93. The summed E-state index contributed by atoms with van der Waals surface area (Å²) in [6.45, 7) is 6.77. The number of piperazine rings is 1. The molecule has 4 rings (SSSR count). The third-order valence-corrected chi connectivity index (χ3v) is 5.83. The van der Waals surface area contributed by atoms with E-state index in [-0.39, 0.29) is 5.91 Å². The molecule has 0 aromatic heterocycles. The molecule has 1 saturated heterocycles. The van der Waals surface area contributed by atoms with E-state index in [0.717, 1.165) is 56.4 Å². The fourth-order valence-electron chi connectivity index (χ4n) is 4.15. The molecule has 2 N–H and O–H groups in total. The van der Waals surface area contributed by atoms with Gasteiger partial charge in [-0.15, -0.1) is 0 Å².